The summed E-state index contributed by atoms with van der Waals surface area (Å²) in [4.78, 5) is 25.9. The number of anilines is 1. The number of methoxy groups -OCH3 is 1. The Morgan fingerprint density at radius 3 is 2.43 bits per heavy atom. The van der Waals surface area contributed by atoms with Gasteiger partial charge in [0.25, 0.3) is 0 Å². The van der Waals surface area contributed by atoms with Crippen molar-refractivity contribution in [1.82, 2.24) is 5.32 Å². The summed E-state index contributed by atoms with van der Waals surface area (Å²) in [6.07, 6.45) is 1.35. The summed E-state index contributed by atoms with van der Waals surface area (Å²) in [5.41, 5.74) is 1.93. The van der Waals surface area contributed by atoms with Crippen LogP contribution in [0.5, 0.6) is 5.75 Å². The highest BCUT2D eigenvalue weighted by Gasteiger charge is 2.32. The molecular formula is C31H39BrN3O7S2+. The van der Waals surface area contributed by atoms with Crippen molar-refractivity contribution in [3.63, 3.8) is 0 Å². The summed E-state index contributed by atoms with van der Waals surface area (Å²) in [5.74, 6) is -1.14. The van der Waals surface area contributed by atoms with Gasteiger partial charge in [0.05, 0.1) is 49.0 Å². The van der Waals surface area contributed by atoms with Crippen LogP contribution in [0.1, 0.15) is 28.1 Å². The molecule has 1 aliphatic heterocycles. The van der Waals surface area contributed by atoms with E-state index in [0.29, 0.717) is 50.0 Å². The Kier molecular flexibility index (Phi) is 11.5. The Bertz CT molecular complexity index is 1550. The SMILES string of the molecule is COC(=O)c1sc(-c2cccc(N(C3CCNCC3)S(=O)(=O)Cc3ccccc3)c2)c(Br)c1OCC(=O)OCC[N+](C)(C)C. The van der Waals surface area contributed by atoms with Crippen molar-refractivity contribution in [2.75, 3.05) is 65.4 Å². The molecule has 0 spiro atoms. The molecule has 1 saturated heterocycles. The van der Waals surface area contributed by atoms with Crippen LogP contribution in [0, 0.1) is 0 Å². The lowest BCUT2D eigenvalue weighted by Crippen LogP contribution is -2.46. The van der Waals surface area contributed by atoms with Crippen molar-refractivity contribution < 1.29 is 36.7 Å². The van der Waals surface area contributed by atoms with E-state index in [9.17, 15) is 18.0 Å². The van der Waals surface area contributed by atoms with Crippen molar-refractivity contribution >= 4 is 54.9 Å². The number of carbonyl (C=O) groups is 2. The van der Waals surface area contributed by atoms with E-state index in [4.69, 9.17) is 14.2 Å². The molecule has 2 aromatic carbocycles. The molecule has 2 heterocycles. The van der Waals surface area contributed by atoms with Crippen molar-refractivity contribution in [3.05, 3.63) is 69.5 Å². The number of carbonyl (C=O) groups excluding carboxylic acids is 2. The highest BCUT2D eigenvalue weighted by Crippen LogP contribution is 2.46. The van der Waals surface area contributed by atoms with Gasteiger partial charge < -0.3 is 24.0 Å². The summed E-state index contributed by atoms with van der Waals surface area (Å²) in [6.45, 7) is 1.92. The van der Waals surface area contributed by atoms with Crippen LogP contribution in [0.3, 0.4) is 0 Å². The van der Waals surface area contributed by atoms with Crippen LogP contribution in [0.15, 0.2) is 59.1 Å². The lowest BCUT2D eigenvalue weighted by molar-refractivity contribution is -0.870. The van der Waals surface area contributed by atoms with E-state index in [1.54, 1.807) is 16.4 Å². The molecule has 0 aliphatic carbocycles. The van der Waals surface area contributed by atoms with Crippen LogP contribution in [0.25, 0.3) is 10.4 Å². The Morgan fingerprint density at radius 2 is 1.77 bits per heavy atom. The molecule has 0 atom stereocenters. The first-order chi connectivity index (χ1) is 20.9. The number of sulfonamides is 1. The predicted molar refractivity (Wildman–Crippen MR) is 176 cm³/mol. The zero-order valence-electron chi connectivity index (χ0n) is 25.4. The third-order valence-corrected chi connectivity index (χ3v) is 11.1. The zero-order valence-corrected chi connectivity index (χ0v) is 28.6. The van der Waals surface area contributed by atoms with E-state index in [2.05, 4.69) is 21.2 Å². The second kappa shape index (κ2) is 14.9. The second-order valence-corrected chi connectivity index (χ2v) is 15.1. The fourth-order valence-corrected chi connectivity index (χ4v) is 8.64. The van der Waals surface area contributed by atoms with Gasteiger partial charge >= 0.3 is 11.9 Å². The van der Waals surface area contributed by atoms with Crippen LogP contribution < -0.4 is 14.4 Å². The number of hydrogen-bond donors (Lipinski definition) is 1. The van der Waals surface area contributed by atoms with Gasteiger partial charge in [-0.2, -0.15) is 0 Å². The number of likely N-dealkylation sites (N-methyl/N-ethyl adjacent to an activating group) is 1. The first kappa shape index (κ1) is 33.9. The molecular weight excluding hydrogens is 670 g/mol. The second-order valence-electron chi connectivity index (χ2n) is 11.5. The lowest BCUT2D eigenvalue weighted by Gasteiger charge is -2.35. The average Bonchev–Trinajstić information content (AvgIpc) is 3.31. The summed E-state index contributed by atoms with van der Waals surface area (Å²) in [6, 6.07) is 16.2. The van der Waals surface area contributed by atoms with E-state index in [-0.39, 0.29) is 29.0 Å². The van der Waals surface area contributed by atoms with Gasteiger partial charge in [0.1, 0.15) is 13.2 Å². The Balaban J connectivity index is 1.65. The third-order valence-electron chi connectivity index (χ3n) is 7.03. The largest absolute Gasteiger partial charge is 0.479 e. The number of halogens is 1. The summed E-state index contributed by atoms with van der Waals surface area (Å²) in [5, 5.41) is 3.31. The maximum atomic E-state index is 14.0. The minimum Gasteiger partial charge on any atom is -0.479 e. The van der Waals surface area contributed by atoms with E-state index in [1.165, 1.54) is 7.11 Å². The Labute approximate surface area is 271 Å². The first-order valence-corrected chi connectivity index (χ1v) is 17.5. The summed E-state index contributed by atoms with van der Waals surface area (Å²) >= 11 is 4.70. The van der Waals surface area contributed by atoms with Gasteiger partial charge in [-0.3, -0.25) is 4.31 Å². The monoisotopic (exact) mass is 708 g/mol. The number of ether oxygens (including phenoxy) is 3. The maximum absolute atomic E-state index is 14.0. The van der Waals surface area contributed by atoms with E-state index in [1.807, 2.05) is 63.6 Å². The van der Waals surface area contributed by atoms with Gasteiger partial charge in [0.15, 0.2) is 17.2 Å². The predicted octanol–water partition coefficient (Wildman–Crippen LogP) is 4.68. The molecule has 0 saturated carbocycles. The third kappa shape index (κ3) is 8.81. The van der Waals surface area contributed by atoms with E-state index >= 15 is 0 Å². The lowest BCUT2D eigenvalue weighted by atomic mass is 10.1. The van der Waals surface area contributed by atoms with Crippen LogP contribution >= 0.6 is 27.3 Å². The van der Waals surface area contributed by atoms with Crippen LogP contribution in [-0.2, 0) is 30.0 Å². The zero-order chi connectivity index (χ0) is 31.9. The minimum absolute atomic E-state index is 0.125. The smallest absolute Gasteiger partial charge is 0.351 e. The number of benzene rings is 2. The van der Waals surface area contributed by atoms with Gasteiger partial charge in [0.2, 0.25) is 10.0 Å². The standard InChI is InChI=1S/C31H39BrN3O7S2/c1-35(2,3)17-18-41-26(36)20-42-28-27(32)29(43-30(28)31(37)40-4)23-11-8-12-25(19-23)34(24-13-15-33-16-14-24)44(38,39)21-22-9-6-5-7-10-22/h5-12,19,24,33H,13-18,20-21H2,1-4H3/q+1. The molecule has 44 heavy (non-hydrogen) atoms. The highest BCUT2D eigenvalue weighted by molar-refractivity contribution is 9.10. The Hall–Kier alpha value is -2.97. The molecule has 1 aliphatic rings. The van der Waals surface area contributed by atoms with Gasteiger partial charge in [-0.1, -0.05) is 42.5 Å². The quantitative estimate of drug-likeness (QED) is 0.201. The molecule has 238 valence electrons. The fourth-order valence-electron chi connectivity index (χ4n) is 4.82. The number of esters is 2. The summed E-state index contributed by atoms with van der Waals surface area (Å²) < 4.78 is 46.6. The van der Waals surface area contributed by atoms with Gasteiger partial charge in [0, 0.05) is 6.04 Å². The van der Waals surface area contributed by atoms with Crippen molar-refractivity contribution in [3.8, 4) is 16.2 Å². The molecule has 4 rings (SSSR count). The summed E-state index contributed by atoms with van der Waals surface area (Å²) in [7, 11) is 3.51. The maximum Gasteiger partial charge on any atom is 0.351 e. The van der Waals surface area contributed by atoms with Crippen LogP contribution in [0.4, 0.5) is 5.69 Å². The van der Waals surface area contributed by atoms with Gasteiger partial charge in [-0.25, -0.2) is 18.0 Å². The molecule has 1 fully saturated rings. The van der Waals surface area contributed by atoms with Crippen molar-refractivity contribution in [1.29, 1.82) is 0 Å². The Morgan fingerprint density at radius 1 is 1.07 bits per heavy atom. The number of hydrogen-bond acceptors (Lipinski definition) is 9. The van der Waals surface area contributed by atoms with Crippen molar-refractivity contribution in [2.24, 2.45) is 0 Å². The topological polar surface area (TPSA) is 111 Å². The fraction of sp³-hybridized carbons (Fsp3) is 0.419. The van der Waals surface area contributed by atoms with E-state index < -0.39 is 28.6 Å². The molecule has 0 bridgehead atoms. The van der Waals surface area contributed by atoms with Crippen LogP contribution in [-0.4, -0.2) is 92.0 Å². The molecule has 13 heteroatoms. The molecule has 1 N–H and O–H groups in total. The average molecular weight is 710 g/mol. The van der Waals surface area contributed by atoms with E-state index in [0.717, 1.165) is 24.4 Å². The normalized spacial score (nSPS) is 14.2. The number of nitrogens with zero attached hydrogens (tertiary/aromatic N) is 2. The molecule has 0 amide bonds. The molecule has 3 aromatic rings. The number of quaternary nitrogens is 1. The molecule has 0 radical (unpaired) electrons. The van der Waals surface area contributed by atoms with Gasteiger partial charge in [-0.05, 0) is 65.1 Å². The molecule has 1 aromatic heterocycles. The molecule has 10 nitrogen and oxygen atoms in total. The number of piperidine rings is 1. The van der Waals surface area contributed by atoms with Crippen molar-refractivity contribution in [2.45, 2.75) is 24.6 Å². The van der Waals surface area contributed by atoms with Crippen LogP contribution in [0.2, 0.25) is 0 Å². The first-order valence-electron chi connectivity index (χ1n) is 14.3. The minimum atomic E-state index is -3.75. The van der Waals surface area contributed by atoms with Gasteiger partial charge in [-0.15, -0.1) is 11.3 Å². The number of nitrogens with one attached hydrogen (secondary N) is 1. The number of thiophene rings is 1. The highest BCUT2D eigenvalue weighted by atomic mass is 79.9. The number of rotatable bonds is 13. The molecule has 0 unspecified atom stereocenters.